The van der Waals surface area contributed by atoms with E-state index in [1.807, 2.05) is 10.8 Å². The van der Waals surface area contributed by atoms with E-state index in [1.165, 1.54) is 25.0 Å². The molecule has 3 rings (SSSR count). The Morgan fingerprint density at radius 3 is 3.00 bits per heavy atom. The number of nitro groups is 1. The quantitative estimate of drug-likeness (QED) is 0.658. The molecule has 1 N–H and O–H groups in total. The molecule has 1 aromatic heterocycles. The normalized spacial score (nSPS) is 14.3. The van der Waals surface area contributed by atoms with Crippen LogP contribution in [0.4, 0.5) is 5.69 Å². The van der Waals surface area contributed by atoms with E-state index in [0.717, 1.165) is 12.2 Å². The zero-order chi connectivity index (χ0) is 14.8. The van der Waals surface area contributed by atoms with Crippen molar-refractivity contribution in [1.29, 1.82) is 0 Å². The summed E-state index contributed by atoms with van der Waals surface area (Å²) in [6.45, 7) is 1.11. The molecule has 0 amide bonds. The molecule has 0 radical (unpaired) electrons. The molecular weight excluding hydrogens is 292 g/mol. The van der Waals surface area contributed by atoms with E-state index < -0.39 is 4.92 Å². The molecule has 1 aromatic carbocycles. The zero-order valence-corrected chi connectivity index (χ0v) is 12.1. The lowest BCUT2D eigenvalue weighted by atomic mass is 10.2. The summed E-state index contributed by atoms with van der Waals surface area (Å²) in [4.78, 5) is 15.0. The molecule has 1 saturated carbocycles. The minimum absolute atomic E-state index is 0.0748. The topological polar surface area (TPSA) is 73.0 Å². The summed E-state index contributed by atoms with van der Waals surface area (Å²) in [6.07, 6.45) is 6.05. The predicted octanol–water partition coefficient (Wildman–Crippen LogP) is 2.75. The van der Waals surface area contributed by atoms with Crippen molar-refractivity contribution >= 4 is 17.3 Å². The smallest absolute Gasteiger partial charge is 0.274 e. The van der Waals surface area contributed by atoms with Crippen LogP contribution >= 0.6 is 11.6 Å². The van der Waals surface area contributed by atoms with Gasteiger partial charge >= 0.3 is 0 Å². The molecule has 0 bridgehead atoms. The van der Waals surface area contributed by atoms with Gasteiger partial charge in [-0.2, -0.15) is 0 Å². The summed E-state index contributed by atoms with van der Waals surface area (Å²) in [5.41, 5.74) is 1.59. The highest BCUT2D eigenvalue weighted by atomic mass is 35.5. The number of benzene rings is 1. The summed E-state index contributed by atoms with van der Waals surface area (Å²) < 4.78 is 1.84. The summed E-state index contributed by atoms with van der Waals surface area (Å²) in [5.74, 6) is 0. The van der Waals surface area contributed by atoms with Crippen molar-refractivity contribution in [2.45, 2.75) is 32.0 Å². The predicted molar refractivity (Wildman–Crippen MR) is 79.3 cm³/mol. The second-order valence-corrected chi connectivity index (χ2v) is 5.66. The molecule has 0 spiro atoms. The Morgan fingerprint density at radius 2 is 2.29 bits per heavy atom. The highest BCUT2D eigenvalue weighted by Gasteiger charge is 2.20. The standard InChI is InChI=1S/C14H15ClN4O2/c15-11-1-4-14(19(20)21)10(5-11)7-18-8-13(17-9-18)6-16-12-2-3-12/h1,4-5,8-9,12,16H,2-3,6-7H2. The monoisotopic (exact) mass is 306 g/mol. The Morgan fingerprint density at radius 1 is 1.48 bits per heavy atom. The van der Waals surface area contributed by atoms with Gasteiger partial charge in [-0.15, -0.1) is 0 Å². The molecule has 0 saturated heterocycles. The first-order valence-corrected chi connectivity index (χ1v) is 7.16. The van der Waals surface area contributed by atoms with Gasteiger partial charge in [0.05, 0.1) is 29.1 Å². The molecule has 2 aromatic rings. The fraction of sp³-hybridized carbons (Fsp3) is 0.357. The molecule has 1 fully saturated rings. The number of hydrogen-bond donors (Lipinski definition) is 1. The number of nitrogens with zero attached hydrogens (tertiary/aromatic N) is 3. The highest BCUT2D eigenvalue weighted by molar-refractivity contribution is 6.30. The molecule has 110 valence electrons. The van der Waals surface area contributed by atoms with E-state index in [1.54, 1.807) is 12.4 Å². The van der Waals surface area contributed by atoms with E-state index in [2.05, 4.69) is 10.3 Å². The molecule has 0 atom stereocenters. The van der Waals surface area contributed by atoms with Crippen molar-refractivity contribution in [1.82, 2.24) is 14.9 Å². The average Bonchev–Trinajstić information content (AvgIpc) is 3.16. The van der Waals surface area contributed by atoms with Crippen LogP contribution in [0, 0.1) is 10.1 Å². The summed E-state index contributed by atoms with van der Waals surface area (Å²) in [7, 11) is 0. The Hall–Kier alpha value is -1.92. The summed E-state index contributed by atoms with van der Waals surface area (Å²) >= 11 is 5.93. The minimum atomic E-state index is -0.391. The molecular formula is C14H15ClN4O2. The maximum atomic E-state index is 11.0. The van der Waals surface area contributed by atoms with Crippen molar-refractivity contribution in [3.05, 3.63) is 57.1 Å². The van der Waals surface area contributed by atoms with Crippen LogP contribution in [0.25, 0.3) is 0 Å². The molecule has 1 aliphatic rings. The number of hydrogen-bond acceptors (Lipinski definition) is 4. The molecule has 7 heteroatoms. The number of nitro benzene ring substituents is 1. The van der Waals surface area contributed by atoms with E-state index in [0.29, 0.717) is 23.2 Å². The van der Waals surface area contributed by atoms with E-state index in [-0.39, 0.29) is 5.69 Å². The first kappa shape index (κ1) is 14.0. The maximum Gasteiger partial charge on any atom is 0.274 e. The van der Waals surface area contributed by atoms with E-state index >= 15 is 0 Å². The second kappa shape index (κ2) is 5.83. The zero-order valence-electron chi connectivity index (χ0n) is 11.3. The number of imidazole rings is 1. The lowest BCUT2D eigenvalue weighted by molar-refractivity contribution is -0.385. The van der Waals surface area contributed by atoms with Crippen LogP contribution in [-0.4, -0.2) is 20.5 Å². The Balaban J connectivity index is 1.73. The Kier molecular flexibility index (Phi) is 3.90. The van der Waals surface area contributed by atoms with Crippen LogP contribution in [0.2, 0.25) is 5.02 Å². The average molecular weight is 307 g/mol. The number of nitrogens with one attached hydrogen (secondary N) is 1. The molecule has 6 nitrogen and oxygen atoms in total. The SMILES string of the molecule is O=[N+]([O-])c1ccc(Cl)cc1Cn1cnc(CNC2CC2)c1. The minimum Gasteiger partial charge on any atom is -0.332 e. The highest BCUT2D eigenvalue weighted by Crippen LogP contribution is 2.24. The fourth-order valence-electron chi connectivity index (χ4n) is 2.18. The van der Waals surface area contributed by atoms with Crippen molar-refractivity contribution < 1.29 is 4.92 Å². The van der Waals surface area contributed by atoms with Crippen molar-refractivity contribution in [3.8, 4) is 0 Å². The lowest BCUT2D eigenvalue weighted by Crippen LogP contribution is -2.15. The van der Waals surface area contributed by atoms with Crippen LogP contribution < -0.4 is 5.32 Å². The lowest BCUT2D eigenvalue weighted by Gasteiger charge is -2.04. The van der Waals surface area contributed by atoms with Gasteiger partial charge in [0, 0.05) is 29.9 Å². The molecule has 1 aliphatic carbocycles. The van der Waals surface area contributed by atoms with Crippen LogP contribution in [0.5, 0.6) is 0 Å². The number of halogens is 1. The molecule has 21 heavy (non-hydrogen) atoms. The van der Waals surface area contributed by atoms with Gasteiger partial charge in [-0.05, 0) is 25.0 Å². The van der Waals surface area contributed by atoms with Crippen molar-refractivity contribution in [2.75, 3.05) is 0 Å². The molecule has 0 unspecified atom stereocenters. The van der Waals surface area contributed by atoms with Gasteiger partial charge in [0.1, 0.15) is 0 Å². The largest absolute Gasteiger partial charge is 0.332 e. The molecule has 1 heterocycles. The second-order valence-electron chi connectivity index (χ2n) is 5.22. The third kappa shape index (κ3) is 3.59. The Bertz CT molecular complexity index is 667. The van der Waals surface area contributed by atoms with Gasteiger partial charge in [0.15, 0.2) is 0 Å². The number of rotatable bonds is 6. The van der Waals surface area contributed by atoms with E-state index in [4.69, 9.17) is 11.6 Å². The van der Waals surface area contributed by atoms with Crippen LogP contribution in [0.3, 0.4) is 0 Å². The van der Waals surface area contributed by atoms with Gasteiger partial charge in [0.25, 0.3) is 5.69 Å². The van der Waals surface area contributed by atoms with Crippen LogP contribution in [0.1, 0.15) is 24.1 Å². The van der Waals surface area contributed by atoms with E-state index in [9.17, 15) is 10.1 Å². The first-order valence-electron chi connectivity index (χ1n) is 6.78. The van der Waals surface area contributed by atoms with Gasteiger partial charge < -0.3 is 9.88 Å². The van der Waals surface area contributed by atoms with Crippen molar-refractivity contribution in [3.63, 3.8) is 0 Å². The van der Waals surface area contributed by atoms with Gasteiger partial charge in [0.2, 0.25) is 0 Å². The number of aromatic nitrogens is 2. The third-order valence-corrected chi connectivity index (χ3v) is 3.66. The van der Waals surface area contributed by atoms with Crippen LogP contribution in [-0.2, 0) is 13.1 Å². The van der Waals surface area contributed by atoms with Gasteiger partial charge in [-0.3, -0.25) is 10.1 Å². The van der Waals surface area contributed by atoms with Crippen molar-refractivity contribution in [2.24, 2.45) is 0 Å². The maximum absolute atomic E-state index is 11.0. The summed E-state index contributed by atoms with van der Waals surface area (Å²) in [6, 6.07) is 5.22. The first-order chi connectivity index (χ1) is 10.1. The van der Waals surface area contributed by atoms with Gasteiger partial charge in [-0.25, -0.2) is 4.98 Å². The Labute approximate surface area is 126 Å². The summed E-state index contributed by atoms with van der Waals surface area (Å²) in [5, 5.41) is 14.9. The third-order valence-electron chi connectivity index (χ3n) is 3.43. The van der Waals surface area contributed by atoms with Gasteiger partial charge in [-0.1, -0.05) is 11.6 Å². The van der Waals surface area contributed by atoms with Crippen LogP contribution in [0.15, 0.2) is 30.7 Å². The molecule has 0 aliphatic heterocycles. The fourth-order valence-corrected chi connectivity index (χ4v) is 2.37.